The standard InChI is InChI=1S/C16H23N3O/c1-11-5-6-14(17)7-15(11)18-16(20)10-19-8-12-3-2-4-13(12)9-19/h5-7,12-13H,2-4,8-10,17H2,1H3,(H,18,20). The van der Waals surface area contributed by atoms with Crippen LogP contribution in [0.2, 0.25) is 0 Å². The van der Waals surface area contributed by atoms with E-state index in [-0.39, 0.29) is 5.91 Å². The third-order valence-corrected chi connectivity index (χ3v) is 4.70. The van der Waals surface area contributed by atoms with Crippen LogP contribution >= 0.6 is 0 Å². The maximum Gasteiger partial charge on any atom is 0.238 e. The van der Waals surface area contributed by atoms with E-state index < -0.39 is 0 Å². The Morgan fingerprint density at radius 1 is 1.35 bits per heavy atom. The van der Waals surface area contributed by atoms with E-state index in [1.807, 2.05) is 25.1 Å². The van der Waals surface area contributed by atoms with Crippen molar-refractivity contribution in [2.24, 2.45) is 11.8 Å². The maximum atomic E-state index is 12.2. The average molecular weight is 273 g/mol. The molecule has 108 valence electrons. The minimum absolute atomic E-state index is 0.0682. The zero-order valence-corrected chi connectivity index (χ0v) is 12.1. The number of nitrogens with two attached hydrogens (primary N) is 1. The number of anilines is 2. The highest BCUT2D eigenvalue weighted by Gasteiger charge is 2.36. The first kappa shape index (κ1) is 13.4. The Kier molecular flexibility index (Phi) is 3.66. The Morgan fingerprint density at radius 2 is 2.05 bits per heavy atom. The van der Waals surface area contributed by atoms with Crippen molar-refractivity contribution < 1.29 is 4.79 Å². The highest BCUT2D eigenvalue weighted by molar-refractivity contribution is 5.93. The average Bonchev–Trinajstić information content (AvgIpc) is 2.94. The Labute approximate surface area is 120 Å². The normalized spacial score (nSPS) is 25.6. The number of rotatable bonds is 3. The van der Waals surface area contributed by atoms with Crippen LogP contribution in [-0.4, -0.2) is 30.4 Å². The van der Waals surface area contributed by atoms with Gasteiger partial charge >= 0.3 is 0 Å². The first-order valence-electron chi connectivity index (χ1n) is 7.50. The number of carbonyl (C=O) groups is 1. The third kappa shape index (κ3) is 2.80. The van der Waals surface area contributed by atoms with Crippen LogP contribution in [0.25, 0.3) is 0 Å². The maximum absolute atomic E-state index is 12.2. The van der Waals surface area contributed by atoms with Crippen LogP contribution in [0.1, 0.15) is 24.8 Å². The molecule has 0 bridgehead atoms. The van der Waals surface area contributed by atoms with Crippen LogP contribution in [0.5, 0.6) is 0 Å². The molecular formula is C16H23N3O. The fourth-order valence-corrected chi connectivity index (χ4v) is 3.63. The van der Waals surface area contributed by atoms with Crippen LogP contribution in [0.3, 0.4) is 0 Å². The van der Waals surface area contributed by atoms with Gasteiger partial charge in [0.1, 0.15) is 0 Å². The number of nitrogens with one attached hydrogen (secondary N) is 1. The molecule has 1 saturated heterocycles. The lowest BCUT2D eigenvalue weighted by atomic mass is 10.0. The van der Waals surface area contributed by atoms with Gasteiger partial charge in [0, 0.05) is 24.5 Å². The highest BCUT2D eigenvalue weighted by Crippen LogP contribution is 2.37. The highest BCUT2D eigenvalue weighted by atomic mass is 16.2. The minimum Gasteiger partial charge on any atom is -0.399 e. The van der Waals surface area contributed by atoms with E-state index >= 15 is 0 Å². The molecule has 2 unspecified atom stereocenters. The predicted octanol–water partition coefficient (Wildman–Crippen LogP) is 2.25. The number of carbonyl (C=O) groups excluding carboxylic acids is 1. The number of likely N-dealkylation sites (tertiary alicyclic amines) is 1. The summed E-state index contributed by atoms with van der Waals surface area (Å²) >= 11 is 0. The van der Waals surface area contributed by atoms with E-state index in [2.05, 4.69) is 10.2 Å². The zero-order valence-electron chi connectivity index (χ0n) is 12.1. The molecular weight excluding hydrogens is 250 g/mol. The molecule has 4 heteroatoms. The molecule has 1 aliphatic carbocycles. The van der Waals surface area contributed by atoms with Gasteiger partial charge in [-0.2, -0.15) is 0 Å². The molecule has 1 saturated carbocycles. The molecule has 1 aliphatic heterocycles. The number of hydrogen-bond acceptors (Lipinski definition) is 3. The Balaban J connectivity index is 1.56. The first-order chi connectivity index (χ1) is 9.61. The summed E-state index contributed by atoms with van der Waals surface area (Å²) in [5.74, 6) is 1.73. The summed E-state index contributed by atoms with van der Waals surface area (Å²) in [5.41, 5.74) is 8.32. The fraction of sp³-hybridized carbons (Fsp3) is 0.562. The van der Waals surface area contributed by atoms with Crippen molar-refractivity contribution in [1.29, 1.82) is 0 Å². The molecule has 3 N–H and O–H groups in total. The van der Waals surface area contributed by atoms with E-state index in [9.17, 15) is 4.79 Å². The summed E-state index contributed by atoms with van der Waals surface area (Å²) in [6.45, 7) is 4.67. The lowest BCUT2D eigenvalue weighted by molar-refractivity contribution is -0.117. The molecule has 2 atom stereocenters. The molecule has 3 rings (SSSR count). The number of nitrogens with zero attached hydrogens (tertiary/aromatic N) is 1. The Hall–Kier alpha value is -1.55. The van der Waals surface area contributed by atoms with Crippen LogP contribution in [0.4, 0.5) is 11.4 Å². The second-order valence-corrected chi connectivity index (χ2v) is 6.27. The van der Waals surface area contributed by atoms with Gasteiger partial charge in [0.2, 0.25) is 5.91 Å². The Morgan fingerprint density at radius 3 is 2.75 bits per heavy atom. The monoisotopic (exact) mass is 273 g/mol. The third-order valence-electron chi connectivity index (χ3n) is 4.70. The van der Waals surface area contributed by atoms with E-state index in [1.165, 1.54) is 19.3 Å². The molecule has 2 fully saturated rings. The second kappa shape index (κ2) is 5.44. The molecule has 1 aromatic rings. The van der Waals surface area contributed by atoms with Gasteiger partial charge in [-0.05, 0) is 49.3 Å². The van der Waals surface area contributed by atoms with Gasteiger partial charge in [0.05, 0.1) is 6.54 Å². The van der Waals surface area contributed by atoms with Crippen molar-refractivity contribution in [3.8, 4) is 0 Å². The van der Waals surface area contributed by atoms with E-state index in [1.54, 1.807) is 0 Å². The van der Waals surface area contributed by atoms with Crippen molar-refractivity contribution in [3.63, 3.8) is 0 Å². The summed E-state index contributed by atoms with van der Waals surface area (Å²) in [6.07, 6.45) is 4.06. The second-order valence-electron chi connectivity index (χ2n) is 6.27. The van der Waals surface area contributed by atoms with Crippen LogP contribution in [0.15, 0.2) is 18.2 Å². The smallest absolute Gasteiger partial charge is 0.238 e. The number of benzene rings is 1. The van der Waals surface area contributed by atoms with Crippen molar-refractivity contribution in [2.45, 2.75) is 26.2 Å². The van der Waals surface area contributed by atoms with E-state index in [4.69, 9.17) is 5.73 Å². The topological polar surface area (TPSA) is 58.4 Å². The van der Waals surface area contributed by atoms with Crippen LogP contribution in [-0.2, 0) is 4.79 Å². The Bertz CT molecular complexity index is 502. The molecule has 0 radical (unpaired) electrons. The molecule has 0 aromatic heterocycles. The van der Waals surface area contributed by atoms with E-state index in [0.717, 1.165) is 36.2 Å². The SMILES string of the molecule is Cc1ccc(N)cc1NC(=O)CN1CC2CCCC2C1. The minimum atomic E-state index is 0.0682. The van der Waals surface area contributed by atoms with Crippen molar-refractivity contribution in [1.82, 2.24) is 4.90 Å². The van der Waals surface area contributed by atoms with Gasteiger partial charge in [0.15, 0.2) is 0 Å². The van der Waals surface area contributed by atoms with Gasteiger partial charge in [0.25, 0.3) is 0 Å². The molecule has 1 amide bonds. The van der Waals surface area contributed by atoms with Gasteiger partial charge in [-0.3, -0.25) is 9.69 Å². The van der Waals surface area contributed by atoms with Gasteiger partial charge < -0.3 is 11.1 Å². The lowest BCUT2D eigenvalue weighted by Crippen LogP contribution is -2.32. The summed E-state index contributed by atoms with van der Waals surface area (Å²) < 4.78 is 0. The zero-order chi connectivity index (χ0) is 14.1. The molecule has 20 heavy (non-hydrogen) atoms. The van der Waals surface area contributed by atoms with Gasteiger partial charge in [-0.25, -0.2) is 0 Å². The van der Waals surface area contributed by atoms with Gasteiger partial charge in [-0.15, -0.1) is 0 Å². The summed E-state index contributed by atoms with van der Waals surface area (Å²) in [6, 6.07) is 5.61. The molecule has 1 heterocycles. The lowest BCUT2D eigenvalue weighted by Gasteiger charge is -2.17. The number of fused-ring (bicyclic) bond motifs is 1. The molecule has 1 aromatic carbocycles. The first-order valence-corrected chi connectivity index (χ1v) is 7.50. The molecule has 0 spiro atoms. The quantitative estimate of drug-likeness (QED) is 0.830. The van der Waals surface area contributed by atoms with Crippen molar-refractivity contribution >= 4 is 17.3 Å². The van der Waals surface area contributed by atoms with Crippen LogP contribution in [0, 0.1) is 18.8 Å². The fourth-order valence-electron chi connectivity index (χ4n) is 3.63. The predicted molar refractivity (Wildman–Crippen MR) is 81.5 cm³/mol. The number of nitrogen functional groups attached to an aromatic ring is 1. The number of amides is 1. The molecule has 4 nitrogen and oxygen atoms in total. The number of aryl methyl sites for hydroxylation is 1. The summed E-state index contributed by atoms with van der Waals surface area (Å²) in [7, 11) is 0. The summed E-state index contributed by atoms with van der Waals surface area (Å²) in [5, 5.41) is 2.98. The van der Waals surface area contributed by atoms with Crippen molar-refractivity contribution in [2.75, 3.05) is 30.7 Å². The molecule has 2 aliphatic rings. The van der Waals surface area contributed by atoms with Crippen molar-refractivity contribution in [3.05, 3.63) is 23.8 Å². The summed E-state index contributed by atoms with van der Waals surface area (Å²) in [4.78, 5) is 14.5. The largest absolute Gasteiger partial charge is 0.399 e. The number of hydrogen-bond donors (Lipinski definition) is 2. The van der Waals surface area contributed by atoms with E-state index in [0.29, 0.717) is 12.2 Å². The van der Waals surface area contributed by atoms with Gasteiger partial charge in [-0.1, -0.05) is 12.5 Å². The van der Waals surface area contributed by atoms with Crippen LogP contribution < -0.4 is 11.1 Å².